The summed E-state index contributed by atoms with van der Waals surface area (Å²) in [7, 11) is 0. The molecule has 2 aromatic carbocycles. The molecule has 0 aliphatic heterocycles. The Morgan fingerprint density at radius 2 is 1.88 bits per heavy atom. The number of hydrogen-bond donors (Lipinski definition) is 2. The zero-order valence-electron chi connectivity index (χ0n) is 13.1. The lowest BCUT2D eigenvalue weighted by Gasteiger charge is -2.21. The molecule has 0 radical (unpaired) electrons. The molecular weight excluding hydrogens is 307 g/mol. The summed E-state index contributed by atoms with van der Waals surface area (Å²) in [5, 5.41) is 13.9. The molecule has 0 bridgehead atoms. The number of pyridine rings is 1. The Labute approximate surface area is 139 Å². The fourth-order valence-corrected chi connectivity index (χ4v) is 2.61. The Hall–Kier alpha value is -2.79. The third-order valence-corrected chi connectivity index (χ3v) is 3.93. The molecule has 122 valence electrons. The van der Waals surface area contributed by atoms with Crippen LogP contribution in [0.4, 0.5) is 4.39 Å². The molecule has 1 amide bonds. The predicted octanol–water partition coefficient (Wildman–Crippen LogP) is 3.23. The van der Waals surface area contributed by atoms with Gasteiger partial charge in [-0.05, 0) is 42.8 Å². The van der Waals surface area contributed by atoms with E-state index in [0.717, 1.165) is 10.9 Å². The number of benzene rings is 2. The molecule has 24 heavy (non-hydrogen) atoms. The van der Waals surface area contributed by atoms with E-state index < -0.39 is 12.1 Å². The van der Waals surface area contributed by atoms with Crippen LogP contribution in [0.5, 0.6) is 0 Å². The molecule has 4 nitrogen and oxygen atoms in total. The Kier molecular flexibility index (Phi) is 4.53. The van der Waals surface area contributed by atoms with E-state index in [9.17, 15) is 14.3 Å². The Balaban J connectivity index is 1.79. The number of carbonyl (C=O) groups excluding carboxylic acids is 1. The number of fused-ring (bicyclic) bond motifs is 1. The van der Waals surface area contributed by atoms with E-state index in [-0.39, 0.29) is 11.7 Å². The molecule has 3 aromatic rings. The van der Waals surface area contributed by atoms with Crippen molar-refractivity contribution in [3.05, 3.63) is 77.7 Å². The van der Waals surface area contributed by atoms with Crippen LogP contribution in [0.15, 0.2) is 60.8 Å². The van der Waals surface area contributed by atoms with Crippen molar-refractivity contribution in [2.45, 2.75) is 19.1 Å². The minimum Gasteiger partial charge on any atom is -0.386 e. The monoisotopic (exact) mass is 324 g/mol. The molecule has 2 N–H and O–H groups in total. The molecule has 0 saturated heterocycles. The number of aliphatic hydroxyl groups excluding tert-OH is 1. The maximum absolute atomic E-state index is 13.0. The van der Waals surface area contributed by atoms with Gasteiger partial charge in [-0.25, -0.2) is 4.39 Å². The highest BCUT2D eigenvalue weighted by Crippen LogP contribution is 2.20. The van der Waals surface area contributed by atoms with Gasteiger partial charge in [-0.15, -0.1) is 0 Å². The van der Waals surface area contributed by atoms with Crippen molar-refractivity contribution in [1.82, 2.24) is 10.3 Å². The molecule has 0 fully saturated rings. The van der Waals surface area contributed by atoms with Gasteiger partial charge in [0.05, 0.1) is 17.7 Å². The van der Waals surface area contributed by atoms with Crippen LogP contribution in [0.25, 0.3) is 10.9 Å². The second-order valence-corrected chi connectivity index (χ2v) is 5.63. The third kappa shape index (κ3) is 3.26. The van der Waals surface area contributed by atoms with E-state index in [4.69, 9.17) is 0 Å². The normalized spacial score (nSPS) is 13.5. The number of nitrogens with one attached hydrogen (secondary N) is 1. The molecule has 2 unspecified atom stereocenters. The molecular formula is C19H17FN2O2. The third-order valence-electron chi connectivity index (χ3n) is 3.93. The Morgan fingerprint density at radius 1 is 1.12 bits per heavy atom. The van der Waals surface area contributed by atoms with Crippen LogP contribution in [0.2, 0.25) is 0 Å². The summed E-state index contributed by atoms with van der Waals surface area (Å²) < 4.78 is 13.0. The lowest BCUT2D eigenvalue weighted by Crippen LogP contribution is -2.37. The summed E-state index contributed by atoms with van der Waals surface area (Å²) in [5.41, 5.74) is 1.78. The van der Waals surface area contributed by atoms with Gasteiger partial charge in [0.15, 0.2) is 0 Å². The lowest BCUT2D eigenvalue weighted by molar-refractivity contribution is 0.0853. The number of carbonyl (C=O) groups is 1. The minimum atomic E-state index is -0.928. The van der Waals surface area contributed by atoms with Crippen molar-refractivity contribution >= 4 is 16.8 Å². The Morgan fingerprint density at radius 3 is 2.62 bits per heavy atom. The van der Waals surface area contributed by atoms with Crippen molar-refractivity contribution in [3.8, 4) is 0 Å². The first-order valence-electron chi connectivity index (χ1n) is 7.64. The summed E-state index contributed by atoms with van der Waals surface area (Å²) in [5.74, 6) is -0.659. The van der Waals surface area contributed by atoms with E-state index in [1.165, 1.54) is 24.3 Å². The molecule has 0 aliphatic carbocycles. The molecule has 2 atom stereocenters. The minimum absolute atomic E-state index is 0.290. The molecule has 3 rings (SSSR count). The quantitative estimate of drug-likeness (QED) is 0.774. The summed E-state index contributed by atoms with van der Waals surface area (Å²) in [6.07, 6.45) is 0.743. The molecule has 0 aliphatic rings. The number of hydrogen-bond acceptors (Lipinski definition) is 3. The number of amides is 1. The fourth-order valence-electron chi connectivity index (χ4n) is 2.61. The van der Waals surface area contributed by atoms with Gasteiger partial charge in [0.25, 0.3) is 5.91 Å². The zero-order valence-corrected chi connectivity index (χ0v) is 13.1. The van der Waals surface area contributed by atoms with Gasteiger partial charge in [-0.1, -0.05) is 24.3 Å². The van der Waals surface area contributed by atoms with Crippen molar-refractivity contribution in [2.75, 3.05) is 0 Å². The van der Waals surface area contributed by atoms with Crippen molar-refractivity contribution in [3.63, 3.8) is 0 Å². The largest absolute Gasteiger partial charge is 0.386 e. The van der Waals surface area contributed by atoms with Gasteiger partial charge < -0.3 is 10.4 Å². The Bertz CT molecular complexity index is 859. The smallest absolute Gasteiger partial charge is 0.252 e. The highest BCUT2D eigenvalue weighted by atomic mass is 19.1. The number of halogens is 1. The van der Waals surface area contributed by atoms with E-state index >= 15 is 0 Å². The first-order chi connectivity index (χ1) is 11.6. The average Bonchev–Trinajstić information content (AvgIpc) is 2.61. The van der Waals surface area contributed by atoms with Gasteiger partial charge in [-0.2, -0.15) is 0 Å². The van der Waals surface area contributed by atoms with Crippen LogP contribution in [0, 0.1) is 5.82 Å². The van der Waals surface area contributed by atoms with Gasteiger partial charge in [0.1, 0.15) is 5.82 Å². The first kappa shape index (κ1) is 16.1. The summed E-state index contributed by atoms with van der Waals surface area (Å²) >= 11 is 0. The standard InChI is InChI=1S/C19H17FN2O2/c1-12(18(23)13-7-9-14(20)10-8-13)22-19(24)16-4-2-6-17-15(16)5-3-11-21-17/h2-12,18,23H,1H3,(H,22,24). The first-order valence-corrected chi connectivity index (χ1v) is 7.64. The van der Waals surface area contributed by atoms with E-state index in [0.29, 0.717) is 11.1 Å². The SMILES string of the molecule is CC(NC(=O)c1cccc2ncccc12)C(O)c1ccc(F)cc1. The van der Waals surface area contributed by atoms with Crippen LogP contribution < -0.4 is 5.32 Å². The lowest BCUT2D eigenvalue weighted by atomic mass is 10.0. The van der Waals surface area contributed by atoms with Crippen LogP contribution in [0.1, 0.15) is 28.9 Å². The molecule has 1 aromatic heterocycles. The van der Waals surface area contributed by atoms with Crippen molar-refractivity contribution < 1.29 is 14.3 Å². The molecule has 1 heterocycles. The van der Waals surface area contributed by atoms with E-state index in [1.807, 2.05) is 12.1 Å². The fraction of sp³-hybridized carbons (Fsp3) is 0.158. The van der Waals surface area contributed by atoms with Crippen LogP contribution in [-0.4, -0.2) is 22.0 Å². The van der Waals surface area contributed by atoms with Crippen LogP contribution in [0.3, 0.4) is 0 Å². The summed E-state index contributed by atoms with van der Waals surface area (Å²) in [6.45, 7) is 1.70. The number of nitrogens with zero attached hydrogens (tertiary/aromatic N) is 1. The molecule has 5 heteroatoms. The number of aliphatic hydroxyl groups is 1. The average molecular weight is 324 g/mol. The van der Waals surface area contributed by atoms with Gasteiger partial charge in [0, 0.05) is 17.1 Å². The van der Waals surface area contributed by atoms with E-state index in [2.05, 4.69) is 10.3 Å². The second kappa shape index (κ2) is 6.76. The topological polar surface area (TPSA) is 62.2 Å². The summed E-state index contributed by atoms with van der Waals surface area (Å²) in [6, 6.07) is 14.0. The van der Waals surface area contributed by atoms with Crippen LogP contribution in [-0.2, 0) is 0 Å². The number of aromatic nitrogens is 1. The van der Waals surface area contributed by atoms with Gasteiger partial charge >= 0.3 is 0 Å². The summed E-state index contributed by atoms with van der Waals surface area (Å²) in [4.78, 5) is 16.8. The number of rotatable bonds is 4. The van der Waals surface area contributed by atoms with Crippen LogP contribution >= 0.6 is 0 Å². The van der Waals surface area contributed by atoms with Crippen molar-refractivity contribution in [1.29, 1.82) is 0 Å². The zero-order chi connectivity index (χ0) is 17.1. The van der Waals surface area contributed by atoms with Crippen molar-refractivity contribution in [2.24, 2.45) is 0 Å². The molecule has 0 saturated carbocycles. The maximum Gasteiger partial charge on any atom is 0.252 e. The van der Waals surface area contributed by atoms with E-state index in [1.54, 1.807) is 31.3 Å². The van der Waals surface area contributed by atoms with Gasteiger partial charge in [0.2, 0.25) is 0 Å². The predicted molar refractivity (Wildman–Crippen MR) is 90.0 cm³/mol. The molecule has 0 spiro atoms. The van der Waals surface area contributed by atoms with Gasteiger partial charge in [-0.3, -0.25) is 9.78 Å². The maximum atomic E-state index is 13.0. The second-order valence-electron chi connectivity index (χ2n) is 5.63. The highest BCUT2D eigenvalue weighted by Gasteiger charge is 2.20. The highest BCUT2D eigenvalue weighted by molar-refractivity contribution is 6.06.